The molecule has 1 aliphatic heterocycles. The Labute approximate surface area is 112 Å². The fourth-order valence-electron chi connectivity index (χ4n) is 2.05. The fourth-order valence-corrected chi connectivity index (χ4v) is 2.05. The van der Waals surface area contributed by atoms with Gasteiger partial charge in [0, 0.05) is 17.8 Å². The van der Waals surface area contributed by atoms with Gasteiger partial charge in [-0.05, 0) is 43.8 Å². The third-order valence-corrected chi connectivity index (χ3v) is 3.41. The van der Waals surface area contributed by atoms with Gasteiger partial charge in [-0.1, -0.05) is 39.8 Å². The van der Waals surface area contributed by atoms with Crippen LogP contribution in [0.4, 0.5) is 0 Å². The lowest BCUT2D eigenvalue weighted by atomic mass is 9.85. The van der Waals surface area contributed by atoms with Gasteiger partial charge < -0.3 is 5.32 Å². The van der Waals surface area contributed by atoms with Crippen LogP contribution >= 0.6 is 0 Å². The maximum atomic E-state index is 4.47. The van der Waals surface area contributed by atoms with E-state index < -0.39 is 0 Å². The van der Waals surface area contributed by atoms with E-state index in [0.29, 0.717) is 5.92 Å². The van der Waals surface area contributed by atoms with Crippen LogP contribution in [0.15, 0.2) is 28.9 Å². The minimum absolute atomic E-state index is 0.112. The van der Waals surface area contributed by atoms with Gasteiger partial charge >= 0.3 is 0 Å². The van der Waals surface area contributed by atoms with Crippen molar-refractivity contribution in [3.8, 4) is 0 Å². The second-order valence-electron chi connectivity index (χ2n) is 5.75. The van der Waals surface area contributed by atoms with E-state index >= 15 is 0 Å². The third kappa shape index (κ3) is 5.18. The van der Waals surface area contributed by atoms with Crippen molar-refractivity contribution >= 4 is 6.21 Å². The monoisotopic (exact) mass is 248 g/mol. The summed E-state index contributed by atoms with van der Waals surface area (Å²) in [7, 11) is 0. The second kappa shape index (κ2) is 7.52. The molecule has 0 bridgehead atoms. The Balaban J connectivity index is 2.44. The first-order valence-corrected chi connectivity index (χ1v) is 7.22. The first-order chi connectivity index (χ1) is 8.57. The molecule has 0 aromatic carbocycles. The van der Waals surface area contributed by atoms with Gasteiger partial charge in [0.05, 0.1) is 0 Å². The van der Waals surface area contributed by atoms with Gasteiger partial charge in [-0.25, -0.2) is 0 Å². The molecule has 1 aliphatic rings. The van der Waals surface area contributed by atoms with Crippen LogP contribution in [-0.2, 0) is 0 Å². The molecule has 0 fully saturated rings. The lowest BCUT2D eigenvalue weighted by Gasteiger charge is -2.20. The largest absolute Gasteiger partial charge is 0.317 e. The molecule has 2 nitrogen and oxygen atoms in total. The molecule has 0 aromatic rings. The number of aliphatic imine (C=N–C) groups is 1. The molecule has 1 unspecified atom stereocenters. The smallest absolute Gasteiger partial charge is 0.0298 e. The first-order valence-electron chi connectivity index (χ1n) is 7.22. The number of allylic oxidation sites excluding steroid dienone is 3. The van der Waals surface area contributed by atoms with Gasteiger partial charge in [-0.15, -0.1) is 0 Å². The molecule has 0 amide bonds. The second-order valence-corrected chi connectivity index (χ2v) is 5.75. The molecule has 1 atom stereocenters. The number of rotatable bonds is 7. The van der Waals surface area contributed by atoms with Crippen LogP contribution in [0, 0.1) is 11.3 Å². The van der Waals surface area contributed by atoms with Crippen LogP contribution < -0.4 is 5.32 Å². The Morgan fingerprint density at radius 2 is 2.11 bits per heavy atom. The SMILES string of the molecule is CCCNCCCC1(C)C=CC(C(C)C)=CN=C1. The highest BCUT2D eigenvalue weighted by molar-refractivity contribution is 5.70. The van der Waals surface area contributed by atoms with Crippen molar-refractivity contribution in [2.75, 3.05) is 13.1 Å². The van der Waals surface area contributed by atoms with E-state index in [1.807, 2.05) is 6.20 Å². The molecule has 0 aromatic heterocycles. The summed E-state index contributed by atoms with van der Waals surface area (Å²) in [6, 6.07) is 0. The molecule has 0 spiro atoms. The molecular formula is C16H28N2. The van der Waals surface area contributed by atoms with Gasteiger partial charge in [0.15, 0.2) is 0 Å². The summed E-state index contributed by atoms with van der Waals surface area (Å²) in [4.78, 5) is 4.47. The predicted octanol–water partition coefficient (Wildman–Crippen LogP) is 3.95. The summed E-state index contributed by atoms with van der Waals surface area (Å²) in [6.45, 7) is 11.1. The van der Waals surface area contributed by atoms with Crippen molar-refractivity contribution in [3.63, 3.8) is 0 Å². The highest BCUT2D eigenvalue weighted by Crippen LogP contribution is 2.27. The average Bonchev–Trinajstić information content (AvgIpc) is 2.52. The summed E-state index contributed by atoms with van der Waals surface area (Å²) in [6.07, 6.45) is 12.2. The van der Waals surface area contributed by atoms with Crippen molar-refractivity contribution in [2.24, 2.45) is 16.3 Å². The standard InChI is InChI=1S/C16H28N2/c1-5-10-17-11-6-8-16(4)9-7-15(14(2)3)12-18-13-16/h7,9,12-14,17H,5-6,8,10-11H2,1-4H3. The first kappa shape index (κ1) is 15.2. The summed E-state index contributed by atoms with van der Waals surface area (Å²) in [5.74, 6) is 0.548. The van der Waals surface area contributed by atoms with Gasteiger partial charge in [-0.3, -0.25) is 4.99 Å². The van der Waals surface area contributed by atoms with Crippen molar-refractivity contribution < 1.29 is 0 Å². The number of hydrogen-bond donors (Lipinski definition) is 1. The molecule has 18 heavy (non-hydrogen) atoms. The van der Waals surface area contributed by atoms with Crippen LogP contribution in [0.3, 0.4) is 0 Å². The van der Waals surface area contributed by atoms with Crippen molar-refractivity contribution in [2.45, 2.75) is 47.0 Å². The van der Waals surface area contributed by atoms with E-state index in [0.717, 1.165) is 19.5 Å². The highest BCUT2D eigenvalue weighted by atomic mass is 14.8. The summed E-state index contributed by atoms with van der Waals surface area (Å²) < 4.78 is 0. The number of hydrogen-bond acceptors (Lipinski definition) is 2. The topological polar surface area (TPSA) is 24.4 Å². The van der Waals surface area contributed by atoms with Crippen LogP contribution in [0.25, 0.3) is 0 Å². The van der Waals surface area contributed by atoms with E-state index in [-0.39, 0.29) is 5.41 Å². The van der Waals surface area contributed by atoms with Crippen LogP contribution in [0.2, 0.25) is 0 Å². The van der Waals surface area contributed by atoms with Gasteiger partial charge in [0.2, 0.25) is 0 Å². The molecule has 2 heteroatoms. The lowest BCUT2D eigenvalue weighted by Crippen LogP contribution is -2.20. The average molecular weight is 248 g/mol. The quantitative estimate of drug-likeness (QED) is 0.678. The lowest BCUT2D eigenvalue weighted by molar-refractivity contribution is 0.502. The Hall–Kier alpha value is -0.890. The van der Waals surface area contributed by atoms with E-state index in [4.69, 9.17) is 0 Å². The van der Waals surface area contributed by atoms with Crippen LogP contribution in [-0.4, -0.2) is 19.3 Å². The van der Waals surface area contributed by atoms with Crippen molar-refractivity contribution in [1.29, 1.82) is 0 Å². The maximum Gasteiger partial charge on any atom is 0.0298 e. The molecule has 0 aliphatic carbocycles. The van der Waals surface area contributed by atoms with Crippen molar-refractivity contribution in [3.05, 3.63) is 23.9 Å². The minimum Gasteiger partial charge on any atom is -0.317 e. The Morgan fingerprint density at radius 1 is 1.33 bits per heavy atom. The van der Waals surface area contributed by atoms with Crippen LogP contribution in [0.1, 0.15) is 47.0 Å². The zero-order chi connectivity index (χ0) is 13.4. The Morgan fingerprint density at radius 3 is 2.78 bits per heavy atom. The molecular weight excluding hydrogens is 220 g/mol. The summed E-state index contributed by atoms with van der Waals surface area (Å²) in [5, 5.41) is 3.45. The van der Waals surface area contributed by atoms with Crippen molar-refractivity contribution in [1.82, 2.24) is 5.32 Å². The minimum atomic E-state index is 0.112. The normalized spacial score (nSPS) is 23.3. The molecule has 1 N–H and O–H groups in total. The van der Waals surface area contributed by atoms with E-state index in [1.165, 1.54) is 18.4 Å². The van der Waals surface area contributed by atoms with E-state index in [9.17, 15) is 0 Å². The van der Waals surface area contributed by atoms with E-state index in [2.05, 4.69) is 56.4 Å². The number of nitrogens with zero attached hydrogens (tertiary/aromatic N) is 1. The molecule has 0 saturated heterocycles. The maximum absolute atomic E-state index is 4.47. The highest BCUT2D eigenvalue weighted by Gasteiger charge is 2.19. The van der Waals surface area contributed by atoms with Gasteiger partial charge in [0.1, 0.15) is 0 Å². The Bertz CT molecular complexity index is 326. The summed E-state index contributed by atoms with van der Waals surface area (Å²) in [5.41, 5.74) is 1.43. The Kier molecular flexibility index (Phi) is 6.34. The zero-order valence-electron chi connectivity index (χ0n) is 12.4. The third-order valence-electron chi connectivity index (χ3n) is 3.41. The summed E-state index contributed by atoms with van der Waals surface area (Å²) >= 11 is 0. The van der Waals surface area contributed by atoms with Gasteiger partial charge in [-0.2, -0.15) is 0 Å². The fraction of sp³-hybridized carbons (Fsp3) is 0.688. The molecule has 0 radical (unpaired) electrons. The molecule has 1 rings (SSSR count). The molecule has 102 valence electrons. The zero-order valence-corrected chi connectivity index (χ0v) is 12.4. The van der Waals surface area contributed by atoms with Gasteiger partial charge in [0.25, 0.3) is 0 Å². The van der Waals surface area contributed by atoms with E-state index in [1.54, 1.807) is 0 Å². The molecule has 0 saturated carbocycles. The predicted molar refractivity (Wildman–Crippen MR) is 81.1 cm³/mol. The van der Waals surface area contributed by atoms with Crippen LogP contribution in [0.5, 0.6) is 0 Å². The number of nitrogens with one attached hydrogen (secondary N) is 1. The molecule has 1 heterocycles.